The molecular weight excluding hydrogens is 463 g/mol. The number of halogens is 2. The van der Waals surface area contributed by atoms with Crippen molar-refractivity contribution in [3.05, 3.63) is 99.0 Å². The number of aliphatic carboxylic acids is 1. The SMILES string of the molecule is CCc1ccc2c(c1)C(=O)N([C@H](C(=O)O)c1ccc(Cl)cc1)[C@@H](c1ccc(Cl)cc1)C(=O)N2. The first-order chi connectivity index (χ1) is 15.8. The van der Waals surface area contributed by atoms with E-state index in [2.05, 4.69) is 5.32 Å². The maximum absolute atomic E-state index is 13.9. The van der Waals surface area contributed by atoms with Crippen LogP contribution in [0.2, 0.25) is 10.0 Å². The van der Waals surface area contributed by atoms with Gasteiger partial charge in [-0.2, -0.15) is 0 Å². The molecule has 0 aromatic heterocycles. The van der Waals surface area contributed by atoms with Crippen molar-refractivity contribution in [1.29, 1.82) is 0 Å². The minimum absolute atomic E-state index is 0.236. The van der Waals surface area contributed by atoms with Crippen molar-refractivity contribution in [3.63, 3.8) is 0 Å². The Kier molecular flexibility index (Phi) is 6.40. The number of rotatable bonds is 5. The van der Waals surface area contributed by atoms with Gasteiger partial charge < -0.3 is 15.3 Å². The lowest BCUT2D eigenvalue weighted by Crippen LogP contribution is -2.44. The van der Waals surface area contributed by atoms with Gasteiger partial charge in [0.25, 0.3) is 11.8 Å². The highest BCUT2D eigenvalue weighted by Crippen LogP contribution is 2.38. The number of carboxylic acids is 1. The molecule has 0 aliphatic carbocycles. The fourth-order valence-electron chi connectivity index (χ4n) is 3.97. The Labute approximate surface area is 200 Å². The van der Waals surface area contributed by atoms with Crippen molar-refractivity contribution in [3.8, 4) is 0 Å². The molecule has 0 spiro atoms. The summed E-state index contributed by atoms with van der Waals surface area (Å²) in [5.41, 5.74) is 2.22. The van der Waals surface area contributed by atoms with E-state index < -0.39 is 29.9 Å². The van der Waals surface area contributed by atoms with Crippen LogP contribution in [-0.2, 0) is 16.0 Å². The molecule has 0 radical (unpaired) electrons. The van der Waals surface area contributed by atoms with E-state index in [1.165, 1.54) is 0 Å². The van der Waals surface area contributed by atoms with Gasteiger partial charge in [-0.25, -0.2) is 4.79 Å². The summed E-state index contributed by atoms with van der Waals surface area (Å²) in [6.45, 7) is 1.95. The van der Waals surface area contributed by atoms with Crippen LogP contribution in [0.25, 0.3) is 0 Å². The third-order valence-corrected chi connectivity index (χ3v) is 6.13. The molecule has 8 heteroatoms. The molecule has 0 bridgehead atoms. The molecule has 168 valence electrons. The van der Waals surface area contributed by atoms with Gasteiger partial charge >= 0.3 is 5.97 Å². The predicted octanol–water partition coefficient (Wildman–Crippen LogP) is 5.52. The summed E-state index contributed by atoms with van der Waals surface area (Å²) in [4.78, 5) is 41.0. The minimum atomic E-state index is -1.43. The fourth-order valence-corrected chi connectivity index (χ4v) is 4.22. The van der Waals surface area contributed by atoms with Gasteiger partial charge in [0.2, 0.25) is 0 Å². The molecule has 0 unspecified atom stereocenters. The lowest BCUT2D eigenvalue weighted by molar-refractivity contribution is -0.144. The summed E-state index contributed by atoms with van der Waals surface area (Å²) in [5, 5.41) is 13.9. The van der Waals surface area contributed by atoms with E-state index in [9.17, 15) is 19.5 Å². The van der Waals surface area contributed by atoms with E-state index in [0.717, 1.165) is 10.5 Å². The quantitative estimate of drug-likeness (QED) is 0.501. The molecule has 2 amide bonds. The van der Waals surface area contributed by atoms with Crippen LogP contribution in [0.1, 0.15) is 46.1 Å². The molecule has 2 N–H and O–H groups in total. The summed E-state index contributed by atoms with van der Waals surface area (Å²) in [5.74, 6) is -2.36. The van der Waals surface area contributed by atoms with Gasteiger partial charge in [0.05, 0.1) is 11.3 Å². The van der Waals surface area contributed by atoms with Crippen LogP contribution in [0.3, 0.4) is 0 Å². The monoisotopic (exact) mass is 482 g/mol. The van der Waals surface area contributed by atoms with Gasteiger partial charge in [0.1, 0.15) is 6.04 Å². The van der Waals surface area contributed by atoms with Gasteiger partial charge in [0.15, 0.2) is 6.04 Å². The molecular formula is C25H20Cl2N2O4. The van der Waals surface area contributed by atoms with Crippen molar-refractivity contribution in [2.45, 2.75) is 25.4 Å². The molecule has 0 fully saturated rings. The second kappa shape index (κ2) is 9.25. The van der Waals surface area contributed by atoms with E-state index in [1.54, 1.807) is 60.7 Å². The lowest BCUT2D eigenvalue weighted by atomic mass is 9.97. The van der Waals surface area contributed by atoms with Crippen LogP contribution in [0.5, 0.6) is 0 Å². The van der Waals surface area contributed by atoms with Crippen LogP contribution in [0, 0.1) is 0 Å². The van der Waals surface area contributed by atoms with Crippen LogP contribution in [0.4, 0.5) is 5.69 Å². The highest BCUT2D eigenvalue weighted by molar-refractivity contribution is 6.30. The number of anilines is 1. The van der Waals surface area contributed by atoms with Crippen LogP contribution >= 0.6 is 23.2 Å². The second-order valence-corrected chi connectivity index (χ2v) is 8.55. The summed E-state index contributed by atoms with van der Waals surface area (Å²) in [7, 11) is 0. The van der Waals surface area contributed by atoms with E-state index in [0.29, 0.717) is 33.3 Å². The van der Waals surface area contributed by atoms with Crippen LogP contribution in [0.15, 0.2) is 66.7 Å². The van der Waals surface area contributed by atoms with Crippen molar-refractivity contribution in [2.75, 3.05) is 5.32 Å². The van der Waals surface area contributed by atoms with Gasteiger partial charge in [0, 0.05) is 10.0 Å². The van der Waals surface area contributed by atoms with E-state index in [4.69, 9.17) is 23.2 Å². The highest BCUT2D eigenvalue weighted by Gasteiger charge is 2.43. The lowest BCUT2D eigenvalue weighted by Gasteiger charge is -2.34. The Morgan fingerprint density at radius 2 is 1.61 bits per heavy atom. The zero-order valence-electron chi connectivity index (χ0n) is 17.6. The van der Waals surface area contributed by atoms with Crippen molar-refractivity contribution >= 4 is 46.7 Å². The number of fused-ring (bicyclic) bond motifs is 1. The number of carboxylic acid groups (broad SMARTS) is 1. The number of nitrogens with zero attached hydrogens (tertiary/aromatic N) is 1. The van der Waals surface area contributed by atoms with Gasteiger partial charge in [-0.15, -0.1) is 0 Å². The van der Waals surface area contributed by atoms with Crippen molar-refractivity contribution in [2.24, 2.45) is 0 Å². The Morgan fingerprint density at radius 3 is 2.18 bits per heavy atom. The van der Waals surface area contributed by atoms with E-state index in [1.807, 2.05) is 13.0 Å². The largest absolute Gasteiger partial charge is 0.479 e. The molecule has 6 nitrogen and oxygen atoms in total. The number of hydrogen-bond acceptors (Lipinski definition) is 3. The number of carbonyl (C=O) groups excluding carboxylic acids is 2. The number of nitrogens with one attached hydrogen (secondary N) is 1. The van der Waals surface area contributed by atoms with E-state index in [-0.39, 0.29) is 5.56 Å². The molecule has 1 aliphatic rings. The Hall–Kier alpha value is -3.35. The maximum Gasteiger partial charge on any atom is 0.331 e. The molecule has 4 rings (SSSR count). The molecule has 3 aromatic rings. The molecule has 1 heterocycles. The van der Waals surface area contributed by atoms with Crippen molar-refractivity contribution in [1.82, 2.24) is 4.90 Å². The highest BCUT2D eigenvalue weighted by atomic mass is 35.5. The second-order valence-electron chi connectivity index (χ2n) is 7.68. The summed E-state index contributed by atoms with van der Waals surface area (Å²) in [6, 6.07) is 15.2. The first kappa shape index (κ1) is 22.8. The zero-order chi connectivity index (χ0) is 23.7. The summed E-state index contributed by atoms with van der Waals surface area (Å²) >= 11 is 12.0. The number of hydrogen-bond donors (Lipinski definition) is 2. The maximum atomic E-state index is 13.9. The molecule has 0 saturated heterocycles. The van der Waals surface area contributed by atoms with E-state index >= 15 is 0 Å². The number of carbonyl (C=O) groups is 3. The van der Waals surface area contributed by atoms with Gasteiger partial charge in [-0.1, -0.05) is 60.5 Å². The summed E-state index contributed by atoms with van der Waals surface area (Å²) in [6.07, 6.45) is 0.675. The van der Waals surface area contributed by atoms with Gasteiger partial charge in [-0.05, 0) is 59.5 Å². The first-order valence-corrected chi connectivity index (χ1v) is 11.1. The Bertz CT molecular complexity index is 1230. The molecule has 33 heavy (non-hydrogen) atoms. The average Bonchev–Trinajstić information content (AvgIpc) is 2.90. The normalized spacial score (nSPS) is 16.6. The third kappa shape index (κ3) is 4.45. The minimum Gasteiger partial charge on any atom is -0.479 e. The Morgan fingerprint density at radius 1 is 1.00 bits per heavy atom. The number of aryl methyl sites for hydroxylation is 1. The van der Waals surface area contributed by atoms with Crippen molar-refractivity contribution < 1.29 is 19.5 Å². The average molecular weight is 483 g/mol. The predicted molar refractivity (Wildman–Crippen MR) is 127 cm³/mol. The topological polar surface area (TPSA) is 86.7 Å². The molecule has 0 saturated carbocycles. The first-order valence-electron chi connectivity index (χ1n) is 10.3. The fraction of sp³-hybridized carbons (Fsp3) is 0.160. The Balaban J connectivity index is 1.95. The van der Waals surface area contributed by atoms with Crippen LogP contribution in [-0.4, -0.2) is 27.8 Å². The number of amides is 2. The van der Waals surface area contributed by atoms with Crippen LogP contribution < -0.4 is 5.32 Å². The third-order valence-electron chi connectivity index (χ3n) is 5.63. The smallest absolute Gasteiger partial charge is 0.331 e. The zero-order valence-corrected chi connectivity index (χ0v) is 19.1. The summed E-state index contributed by atoms with van der Waals surface area (Å²) < 4.78 is 0. The van der Waals surface area contributed by atoms with Gasteiger partial charge in [-0.3, -0.25) is 9.59 Å². The standard InChI is InChI=1S/C25H20Cl2N2O4/c1-2-14-3-12-20-19(13-14)24(31)29(22(25(32)33)16-6-10-18(27)11-7-16)21(23(30)28-20)15-4-8-17(26)9-5-15/h3-13,21-22H,2H2,1H3,(H,28,30)(H,32,33)/t21-,22-/m0/s1. The number of benzene rings is 3. The molecule has 1 aliphatic heterocycles. The molecule has 2 atom stereocenters. The molecule has 3 aromatic carbocycles.